The van der Waals surface area contributed by atoms with Crippen LogP contribution in [0.3, 0.4) is 0 Å². The number of benzene rings is 1. The van der Waals surface area contributed by atoms with E-state index in [4.69, 9.17) is 17.3 Å². The zero-order valence-electron chi connectivity index (χ0n) is 6.95. The van der Waals surface area contributed by atoms with E-state index in [0.717, 1.165) is 0 Å². The van der Waals surface area contributed by atoms with Crippen LogP contribution in [0.15, 0.2) is 18.2 Å². The molecule has 0 aliphatic rings. The van der Waals surface area contributed by atoms with Gasteiger partial charge in [0.05, 0.1) is 10.6 Å². The first-order chi connectivity index (χ1) is 6.02. The molecule has 1 amide bonds. The molecule has 1 rings (SSSR count). The van der Waals surface area contributed by atoms with Crippen LogP contribution in [0.5, 0.6) is 0 Å². The third-order valence-electron chi connectivity index (χ3n) is 1.58. The second-order valence-electron chi connectivity index (χ2n) is 2.53. The van der Waals surface area contributed by atoms with Gasteiger partial charge in [-0.15, -0.1) is 0 Å². The van der Waals surface area contributed by atoms with Crippen molar-refractivity contribution in [3.8, 4) is 0 Å². The normalized spacial score (nSPS) is 9.69. The molecular weight excluding hydrogens is 192 g/mol. The Labute approximate surface area is 79.9 Å². The van der Waals surface area contributed by atoms with Gasteiger partial charge in [-0.05, 0) is 6.07 Å². The number of nitroso groups, excluding NO2 is 1. The highest BCUT2D eigenvalue weighted by Gasteiger charge is 2.12. The Morgan fingerprint density at radius 3 is 2.54 bits per heavy atom. The van der Waals surface area contributed by atoms with E-state index in [1.54, 1.807) is 0 Å². The second kappa shape index (κ2) is 3.53. The van der Waals surface area contributed by atoms with Crippen LogP contribution in [0.25, 0.3) is 0 Å². The molecule has 2 N–H and O–H groups in total. The minimum Gasteiger partial charge on any atom is -0.366 e. The van der Waals surface area contributed by atoms with Gasteiger partial charge < -0.3 is 5.73 Å². The highest BCUT2D eigenvalue weighted by atomic mass is 35.5. The van der Waals surface area contributed by atoms with E-state index in [2.05, 4.69) is 0 Å². The Bertz CT molecular complexity index is 376. The summed E-state index contributed by atoms with van der Waals surface area (Å²) in [6, 6.07) is 4.31. The van der Waals surface area contributed by atoms with Crippen molar-refractivity contribution >= 4 is 23.2 Å². The molecule has 0 aliphatic heterocycles. The second-order valence-corrected chi connectivity index (χ2v) is 2.93. The predicted octanol–water partition coefficient (Wildman–Crippen LogP) is 1.48. The van der Waals surface area contributed by atoms with Crippen molar-refractivity contribution in [3.05, 3.63) is 33.7 Å². The molecule has 0 spiro atoms. The zero-order chi connectivity index (χ0) is 10.0. The van der Waals surface area contributed by atoms with E-state index in [-0.39, 0.29) is 10.6 Å². The Hall–Kier alpha value is -1.42. The summed E-state index contributed by atoms with van der Waals surface area (Å²) < 4.78 is 0.649. The van der Waals surface area contributed by atoms with E-state index in [1.807, 2.05) is 0 Å². The minimum atomic E-state index is -0.606. The lowest BCUT2D eigenvalue weighted by atomic mass is 10.2. The quantitative estimate of drug-likeness (QED) is 0.734. The molecule has 1 aromatic rings. The number of nitrogens with two attached hydrogens (primary N) is 1. The van der Waals surface area contributed by atoms with Crippen LogP contribution in [-0.4, -0.2) is 17.7 Å². The summed E-state index contributed by atoms with van der Waals surface area (Å²) in [4.78, 5) is 21.6. The Kier molecular flexibility index (Phi) is 2.63. The van der Waals surface area contributed by atoms with Gasteiger partial charge >= 0.3 is 0 Å². The van der Waals surface area contributed by atoms with E-state index < -0.39 is 5.91 Å². The van der Waals surface area contributed by atoms with Gasteiger partial charge in [0.25, 0.3) is 5.69 Å². The molecule has 0 aromatic heterocycles. The summed E-state index contributed by atoms with van der Waals surface area (Å²) in [5.41, 5.74) is 5.62. The largest absolute Gasteiger partial charge is 0.366 e. The van der Waals surface area contributed by atoms with Crippen LogP contribution in [-0.2, 0) is 0 Å². The Morgan fingerprint density at radius 1 is 1.54 bits per heavy atom. The summed E-state index contributed by atoms with van der Waals surface area (Å²) >= 11 is 5.70. The van der Waals surface area contributed by atoms with Crippen LogP contribution < -0.4 is 5.73 Å². The van der Waals surface area contributed by atoms with E-state index in [1.165, 1.54) is 25.2 Å². The molecule has 4 nitrogen and oxygen atoms in total. The first-order valence-electron chi connectivity index (χ1n) is 3.52. The Balaban J connectivity index is 3.20. The first kappa shape index (κ1) is 9.67. The molecule has 5 heteroatoms. The highest BCUT2D eigenvalue weighted by molar-refractivity contribution is 6.34. The van der Waals surface area contributed by atoms with Gasteiger partial charge in [0, 0.05) is 21.8 Å². The van der Waals surface area contributed by atoms with Crippen molar-refractivity contribution in [2.24, 2.45) is 5.73 Å². The third-order valence-corrected chi connectivity index (χ3v) is 1.89. The fourth-order valence-corrected chi connectivity index (χ4v) is 1.17. The molecule has 1 aromatic carbocycles. The van der Waals surface area contributed by atoms with E-state index >= 15 is 0 Å². The molecule has 13 heavy (non-hydrogen) atoms. The van der Waals surface area contributed by atoms with Gasteiger partial charge in [-0.1, -0.05) is 11.6 Å². The minimum absolute atomic E-state index is 0.188. The number of amides is 1. The van der Waals surface area contributed by atoms with E-state index in [9.17, 15) is 9.70 Å². The number of nitrogens with zero attached hydrogens (tertiary/aromatic N) is 1. The molecular formula is C8H8ClN2O2+. The zero-order valence-corrected chi connectivity index (χ0v) is 7.71. The van der Waals surface area contributed by atoms with Gasteiger partial charge in [-0.3, -0.25) is 4.79 Å². The highest BCUT2D eigenvalue weighted by Crippen LogP contribution is 2.21. The van der Waals surface area contributed by atoms with Gasteiger partial charge in [0.15, 0.2) is 7.05 Å². The molecule has 0 bridgehead atoms. The van der Waals surface area contributed by atoms with E-state index in [0.29, 0.717) is 10.4 Å². The molecule has 0 radical (unpaired) electrons. The van der Waals surface area contributed by atoms with Gasteiger partial charge in [0.1, 0.15) is 0 Å². The van der Waals surface area contributed by atoms with Crippen LogP contribution in [0.1, 0.15) is 10.4 Å². The first-order valence-corrected chi connectivity index (χ1v) is 3.90. The summed E-state index contributed by atoms with van der Waals surface area (Å²) in [5.74, 6) is -0.606. The van der Waals surface area contributed by atoms with Crippen molar-refractivity contribution < 1.29 is 9.55 Å². The van der Waals surface area contributed by atoms with Crippen molar-refractivity contribution in [3.63, 3.8) is 0 Å². The van der Waals surface area contributed by atoms with Crippen molar-refractivity contribution in [1.29, 1.82) is 0 Å². The Morgan fingerprint density at radius 2 is 2.15 bits per heavy atom. The number of hydrogen-bond acceptors (Lipinski definition) is 2. The average molecular weight is 200 g/mol. The summed E-state index contributed by atoms with van der Waals surface area (Å²) in [5, 5.41) is 0.188. The van der Waals surface area contributed by atoms with Gasteiger partial charge in [0.2, 0.25) is 5.91 Å². The van der Waals surface area contributed by atoms with Crippen LogP contribution in [0.2, 0.25) is 5.02 Å². The molecule has 0 aliphatic carbocycles. The molecule has 0 fully saturated rings. The predicted molar refractivity (Wildman–Crippen MR) is 49.2 cm³/mol. The maximum absolute atomic E-state index is 10.8. The molecule has 0 heterocycles. The maximum atomic E-state index is 10.8. The number of rotatable bonds is 2. The molecule has 0 atom stereocenters. The van der Waals surface area contributed by atoms with Crippen molar-refractivity contribution in [1.82, 2.24) is 0 Å². The average Bonchev–Trinajstić information content (AvgIpc) is 2.03. The number of carbonyl (C=O) groups excluding carboxylic acids is 1. The fourth-order valence-electron chi connectivity index (χ4n) is 0.900. The summed E-state index contributed by atoms with van der Waals surface area (Å²) in [6.45, 7) is 0. The van der Waals surface area contributed by atoms with Crippen molar-refractivity contribution in [2.45, 2.75) is 0 Å². The lowest BCUT2D eigenvalue weighted by Crippen LogP contribution is -2.11. The van der Waals surface area contributed by atoms with Crippen LogP contribution in [0, 0.1) is 4.91 Å². The number of hydrogen-bond donors (Lipinski definition) is 1. The number of halogens is 1. The lowest BCUT2D eigenvalue weighted by Gasteiger charge is -1.97. The van der Waals surface area contributed by atoms with Gasteiger partial charge in [-0.25, -0.2) is 0 Å². The lowest BCUT2D eigenvalue weighted by molar-refractivity contribution is -0.428. The molecule has 0 saturated carbocycles. The molecule has 0 saturated heterocycles. The molecule has 0 unspecified atom stereocenters. The maximum Gasteiger partial charge on any atom is 0.257 e. The summed E-state index contributed by atoms with van der Waals surface area (Å²) in [7, 11) is 1.34. The monoisotopic (exact) mass is 199 g/mol. The smallest absolute Gasteiger partial charge is 0.257 e. The SMILES string of the molecule is C[N+](=O)c1ccc(C(N)=O)c(Cl)c1. The standard InChI is InChI=1S/C8H7ClN2O2/c1-11(13)5-2-3-6(8(10)12)7(9)4-5/h2-4H,1H3,(H-,10,12)/p+1. The van der Waals surface area contributed by atoms with Crippen molar-refractivity contribution in [2.75, 3.05) is 7.05 Å². The topological polar surface area (TPSA) is 63.2 Å². The summed E-state index contributed by atoms with van der Waals surface area (Å²) in [6.07, 6.45) is 0. The van der Waals surface area contributed by atoms with Crippen LogP contribution >= 0.6 is 11.6 Å². The van der Waals surface area contributed by atoms with Crippen LogP contribution in [0.4, 0.5) is 5.69 Å². The number of carbonyl (C=O) groups is 1. The fraction of sp³-hybridized carbons (Fsp3) is 0.125. The van der Waals surface area contributed by atoms with Gasteiger partial charge in [-0.2, -0.15) is 0 Å². The number of primary amides is 1. The third kappa shape index (κ3) is 2.03. The molecule has 68 valence electrons.